The van der Waals surface area contributed by atoms with Gasteiger partial charge in [0.2, 0.25) is 0 Å². The molecule has 0 bridgehead atoms. The monoisotopic (exact) mass is 347 g/mol. The molecule has 0 N–H and O–H groups in total. The van der Waals surface area contributed by atoms with Crippen LogP contribution in [-0.4, -0.2) is 16.7 Å². The van der Waals surface area contributed by atoms with Gasteiger partial charge < -0.3 is 4.90 Å². The number of carbonyl (C=O) groups is 1. The molecule has 1 aliphatic carbocycles. The molecule has 1 unspecified atom stereocenters. The smallest absolute Gasteiger partial charge is 0.161 e. The van der Waals surface area contributed by atoms with Gasteiger partial charge >= 0.3 is 0 Å². The van der Waals surface area contributed by atoms with Gasteiger partial charge in [-0.25, -0.2) is 0 Å². The minimum atomic E-state index is 0.102. The van der Waals surface area contributed by atoms with E-state index in [9.17, 15) is 4.79 Å². The molecule has 2 heteroatoms. The van der Waals surface area contributed by atoms with E-state index >= 15 is 0 Å². The standard InChI is InChI=1S/C24H29NO/c1-6-7-18-12-19-13-23(24(5)8-9-24)25-14-21(17(4)26)16(3)11-22(25)20(19)10-15(18)2/h10-12,14,23H,3,6-9,13H2,1-2,4-5H3. The fourth-order valence-electron chi connectivity index (χ4n) is 4.57. The van der Waals surface area contributed by atoms with E-state index < -0.39 is 0 Å². The first kappa shape index (κ1) is 17.3. The van der Waals surface area contributed by atoms with Crippen LogP contribution in [0.5, 0.6) is 0 Å². The van der Waals surface area contributed by atoms with Crippen molar-refractivity contribution in [2.45, 2.75) is 65.8 Å². The van der Waals surface area contributed by atoms with E-state index in [1.54, 1.807) is 6.92 Å². The molecule has 2 nitrogen and oxygen atoms in total. The molecule has 1 fully saturated rings. The number of rotatable bonds is 4. The van der Waals surface area contributed by atoms with Crippen LogP contribution in [0, 0.1) is 12.3 Å². The van der Waals surface area contributed by atoms with Crippen LogP contribution in [0.15, 0.2) is 42.1 Å². The average Bonchev–Trinajstić information content (AvgIpc) is 3.33. The van der Waals surface area contributed by atoms with Crippen LogP contribution < -0.4 is 0 Å². The van der Waals surface area contributed by atoms with E-state index in [4.69, 9.17) is 0 Å². The molecular formula is C24H29NO. The first-order chi connectivity index (χ1) is 12.3. The molecule has 2 aliphatic heterocycles. The molecule has 0 saturated heterocycles. The first-order valence-electron chi connectivity index (χ1n) is 9.89. The third-order valence-electron chi connectivity index (χ3n) is 6.53. The zero-order valence-electron chi connectivity index (χ0n) is 16.5. The van der Waals surface area contributed by atoms with Crippen LogP contribution in [0.3, 0.4) is 0 Å². The van der Waals surface area contributed by atoms with Crippen molar-refractivity contribution >= 4 is 11.5 Å². The Morgan fingerprint density at radius 2 is 2.08 bits per heavy atom. The lowest BCUT2D eigenvalue weighted by Crippen LogP contribution is -2.43. The highest BCUT2D eigenvalue weighted by atomic mass is 16.1. The van der Waals surface area contributed by atoms with Crippen molar-refractivity contribution in [1.82, 2.24) is 4.90 Å². The Hall–Kier alpha value is -2.09. The van der Waals surface area contributed by atoms with Crippen molar-refractivity contribution in [3.05, 3.63) is 64.4 Å². The summed E-state index contributed by atoms with van der Waals surface area (Å²) in [6.45, 7) is 12.7. The van der Waals surface area contributed by atoms with Gasteiger partial charge in [-0.1, -0.05) is 32.9 Å². The van der Waals surface area contributed by atoms with Gasteiger partial charge in [0.15, 0.2) is 5.78 Å². The van der Waals surface area contributed by atoms with Crippen LogP contribution in [0.1, 0.15) is 62.3 Å². The van der Waals surface area contributed by atoms with Crippen molar-refractivity contribution in [2.24, 2.45) is 5.41 Å². The quantitative estimate of drug-likeness (QED) is 0.731. The maximum Gasteiger partial charge on any atom is 0.161 e. The highest BCUT2D eigenvalue weighted by molar-refractivity contribution is 6.00. The van der Waals surface area contributed by atoms with Crippen molar-refractivity contribution in [3.63, 3.8) is 0 Å². The number of benzene rings is 1. The van der Waals surface area contributed by atoms with E-state index in [1.165, 1.54) is 47.2 Å². The number of Topliss-reactive ketones (excluding diaryl/α,β-unsaturated/α-hetero) is 1. The zero-order valence-corrected chi connectivity index (χ0v) is 16.5. The summed E-state index contributed by atoms with van der Waals surface area (Å²) in [5.74, 6) is 0.102. The molecule has 136 valence electrons. The van der Waals surface area contributed by atoms with Crippen molar-refractivity contribution in [2.75, 3.05) is 0 Å². The molecule has 0 aromatic heterocycles. The van der Waals surface area contributed by atoms with Gasteiger partial charge in [-0.15, -0.1) is 0 Å². The van der Waals surface area contributed by atoms with Crippen molar-refractivity contribution in [1.29, 1.82) is 0 Å². The van der Waals surface area contributed by atoms with Gasteiger partial charge in [0.1, 0.15) is 0 Å². The van der Waals surface area contributed by atoms with Crippen LogP contribution >= 0.6 is 0 Å². The number of carbonyl (C=O) groups excluding carboxylic acids is 1. The second-order valence-corrected chi connectivity index (χ2v) is 8.62. The molecule has 26 heavy (non-hydrogen) atoms. The normalized spacial score (nSPS) is 23.0. The van der Waals surface area contributed by atoms with E-state index in [0.717, 1.165) is 24.0 Å². The number of allylic oxidation sites excluding steroid dienone is 3. The van der Waals surface area contributed by atoms with E-state index in [0.29, 0.717) is 11.5 Å². The average molecular weight is 348 g/mol. The lowest BCUT2D eigenvalue weighted by Gasteiger charge is -2.44. The van der Waals surface area contributed by atoms with Gasteiger partial charge in [-0.2, -0.15) is 0 Å². The lowest BCUT2D eigenvalue weighted by molar-refractivity contribution is -0.113. The number of nitrogens with zero attached hydrogens (tertiary/aromatic N) is 1. The molecule has 1 aromatic rings. The minimum Gasteiger partial charge on any atom is -0.343 e. The Bertz CT molecular complexity index is 866. The Morgan fingerprint density at radius 1 is 1.35 bits per heavy atom. The number of fused-ring (bicyclic) bond motifs is 3. The van der Waals surface area contributed by atoms with Crippen molar-refractivity contribution < 1.29 is 4.79 Å². The largest absolute Gasteiger partial charge is 0.343 e. The molecule has 3 aliphatic rings. The summed E-state index contributed by atoms with van der Waals surface area (Å²) in [7, 11) is 0. The molecule has 2 heterocycles. The van der Waals surface area contributed by atoms with Crippen LogP contribution in [-0.2, 0) is 17.6 Å². The number of hydrogen-bond donors (Lipinski definition) is 0. The number of aryl methyl sites for hydroxylation is 2. The molecule has 0 radical (unpaired) electrons. The molecule has 1 atom stereocenters. The van der Waals surface area contributed by atoms with Gasteiger partial charge in [-0.05, 0) is 79.4 Å². The molecule has 1 saturated carbocycles. The Labute approximate surface area is 157 Å². The minimum absolute atomic E-state index is 0.102. The fraction of sp³-hybridized carbons (Fsp3) is 0.458. The predicted molar refractivity (Wildman–Crippen MR) is 108 cm³/mol. The molecule has 0 spiro atoms. The van der Waals surface area contributed by atoms with Gasteiger partial charge in [0.25, 0.3) is 0 Å². The molecular weight excluding hydrogens is 318 g/mol. The number of hydrogen-bond acceptors (Lipinski definition) is 2. The summed E-state index contributed by atoms with van der Waals surface area (Å²) in [5.41, 5.74) is 8.81. The number of ketones is 1. The SMILES string of the molecule is C=C1C=C2c3cc(C)c(CCC)cc3CC(C3(C)CC3)N2C=C1C(C)=O. The second kappa shape index (κ2) is 5.97. The van der Waals surface area contributed by atoms with Crippen LogP contribution in [0.4, 0.5) is 0 Å². The van der Waals surface area contributed by atoms with E-state index in [2.05, 4.69) is 56.7 Å². The fourth-order valence-corrected chi connectivity index (χ4v) is 4.57. The zero-order chi connectivity index (χ0) is 18.6. The summed E-state index contributed by atoms with van der Waals surface area (Å²) in [6.07, 6.45) is 10.1. The first-order valence-corrected chi connectivity index (χ1v) is 9.89. The Morgan fingerprint density at radius 3 is 2.69 bits per heavy atom. The van der Waals surface area contributed by atoms with Gasteiger partial charge in [0.05, 0.1) is 0 Å². The summed E-state index contributed by atoms with van der Waals surface area (Å²) in [6, 6.07) is 5.23. The summed E-state index contributed by atoms with van der Waals surface area (Å²) in [4.78, 5) is 14.5. The highest BCUT2D eigenvalue weighted by Gasteiger charge is 2.50. The van der Waals surface area contributed by atoms with E-state index in [-0.39, 0.29) is 5.78 Å². The van der Waals surface area contributed by atoms with Gasteiger partial charge in [-0.3, -0.25) is 4.79 Å². The maximum atomic E-state index is 12.1. The molecule has 4 rings (SSSR count). The summed E-state index contributed by atoms with van der Waals surface area (Å²) < 4.78 is 0. The third-order valence-corrected chi connectivity index (χ3v) is 6.53. The second-order valence-electron chi connectivity index (χ2n) is 8.62. The predicted octanol–water partition coefficient (Wildman–Crippen LogP) is 5.36. The highest BCUT2D eigenvalue weighted by Crippen LogP contribution is 2.55. The molecule has 1 aromatic carbocycles. The Balaban J connectivity index is 1.86. The van der Waals surface area contributed by atoms with Gasteiger partial charge in [0, 0.05) is 29.1 Å². The van der Waals surface area contributed by atoms with Crippen molar-refractivity contribution in [3.8, 4) is 0 Å². The maximum absolute atomic E-state index is 12.1. The summed E-state index contributed by atoms with van der Waals surface area (Å²) >= 11 is 0. The van der Waals surface area contributed by atoms with Crippen LogP contribution in [0.25, 0.3) is 5.70 Å². The Kier molecular flexibility index (Phi) is 3.98. The van der Waals surface area contributed by atoms with E-state index in [1.807, 2.05) is 0 Å². The lowest BCUT2D eigenvalue weighted by atomic mass is 9.80. The third kappa shape index (κ3) is 2.67. The van der Waals surface area contributed by atoms with Crippen LogP contribution in [0.2, 0.25) is 0 Å². The summed E-state index contributed by atoms with van der Waals surface area (Å²) in [5, 5.41) is 0. The topological polar surface area (TPSA) is 20.3 Å². The molecule has 0 amide bonds.